The van der Waals surface area contributed by atoms with E-state index >= 15 is 0 Å². The van der Waals surface area contributed by atoms with E-state index in [9.17, 15) is 14.9 Å². The molecule has 2 aromatic carbocycles. The third-order valence-corrected chi connectivity index (χ3v) is 5.12. The Hall–Kier alpha value is -3.53. The van der Waals surface area contributed by atoms with Crippen molar-refractivity contribution in [1.82, 2.24) is 25.2 Å². The highest BCUT2D eigenvalue weighted by Crippen LogP contribution is 2.37. The van der Waals surface area contributed by atoms with Crippen LogP contribution in [0.15, 0.2) is 63.4 Å². The van der Waals surface area contributed by atoms with Crippen molar-refractivity contribution < 1.29 is 4.92 Å². The zero-order valence-corrected chi connectivity index (χ0v) is 14.8. The van der Waals surface area contributed by atoms with E-state index in [-0.39, 0.29) is 11.2 Å². The molecule has 2 aromatic heterocycles. The van der Waals surface area contributed by atoms with E-state index in [2.05, 4.69) is 20.5 Å². The van der Waals surface area contributed by atoms with E-state index < -0.39 is 4.92 Å². The number of aromatic nitrogens is 5. The fraction of sp³-hybridized carbons (Fsp3) is 0.0588. The molecule has 1 N–H and O–H groups in total. The average molecular weight is 380 g/mol. The summed E-state index contributed by atoms with van der Waals surface area (Å²) in [6.07, 6.45) is 0. The molecule has 0 saturated carbocycles. The minimum atomic E-state index is -0.492. The molecule has 0 amide bonds. The van der Waals surface area contributed by atoms with Crippen LogP contribution in [0.5, 0.6) is 0 Å². The number of tetrazole rings is 1. The molecule has 0 saturated heterocycles. The van der Waals surface area contributed by atoms with Gasteiger partial charge in [0.15, 0.2) is 0 Å². The van der Waals surface area contributed by atoms with E-state index in [1.54, 1.807) is 13.1 Å². The van der Waals surface area contributed by atoms with Crippen LogP contribution in [0.1, 0.15) is 0 Å². The summed E-state index contributed by atoms with van der Waals surface area (Å²) >= 11 is 1.14. The molecule has 4 aromatic rings. The number of aromatic amines is 1. The van der Waals surface area contributed by atoms with Gasteiger partial charge in [-0.2, -0.15) is 0 Å². The maximum absolute atomic E-state index is 12.8. The summed E-state index contributed by atoms with van der Waals surface area (Å²) in [5, 5.41) is 23.6. The molecule has 0 bridgehead atoms. The van der Waals surface area contributed by atoms with Crippen LogP contribution in [0.25, 0.3) is 22.0 Å². The number of rotatable bonds is 4. The molecule has 0 fully saturated rings. The summed E-state index contributed by atoms with van der Waals surface area (Å²) in [7, 11) is 1.68. The first kappa shape index (κ1) is 16.9. The molecule has 9 nitrogen and oxygen atoms in total. The molecule has 0 radical (unpaired) electrons. The number of fused-ring (bicyclic) bond motifs is 1. The molecule has 0 aliphatic rings. The Bertz CT molecular complexity index is 1220. The number of nitro benzene ring substituents is 1. The second-order valence-electron chi connectivity index (χ2n) is 5.70. The molecular weight excluding hydrogens is 368 g/mol. The molecule has 0 atom stereocenters. The van der Waals surface area contributed by atoms with Crippen molar-refractivity contribution in [3.05, 3.63) is 69.0 Å². The van der Waals surface area contributed by atoms with E-state index in [4.69, 9.17) is 0 Å². The highest BCUT2D eigenvalue weighted by Gasteiger charge is 2.19. The summed E-state index contributed by atoms with van der Waals surface area (Å²) < 4.78 is 1.47. The van der Waals surface area contributed by atoms with Crippen molar-refractivity contribution in [3.63, 3.8) is 0 Å². The predicted octanol–water partition coefficient (Wildman–Crippen LogP) is 2.78. The number of nitrogens with zero attached hydrogens (tertiary/aromatic N) is 5. The Balaban J connectivity index is 2.03. The Morgan fingerprint density at radius 2 is 1.96 bits per heavy atom. The number of nitrogens with one attached hydrogen (secondary N) is 1. The van der Waals surface area contributed by atoms with Gasteiger partial charge in [-0.1, -0.05) is 30.3 Å². The molecule has 0 spiro atoms. The lowest BCUT2D eigenvalue weighted by atomic mass is 10.0. The Kier molecular flexibility index (Phi) is 4.16. The first-order valence-corrected chi connectivity index (χ1v) is 8.66. The zero-order chi connectivity index (χ0) is 19.0. The van der Waals surface area contributed by atoms with Crippen molar-refractivity contribution >= 4 is 28.4 Å². The Morgan fingerprint density at radius 3 is 2.63 bits per heavy atom. The highest BCUT2D eigenvalue weighted by molar-refractivity contribution is 7.99. The molecule has 134 valence electrons. The predicted molar refractivity (Wildman–Crippen MR) is 99.6 cm³/mol. The van der Waals surface area contributed by atoms with Crippen LogP contribution in [-0.4, -0.2) is 30.1 Å². The lowest BCUT2D eigenvalue weighted by Gasteiger charge is -2.12. The molecule has 0 unspecified atom stereocenters. The first-order chi connectivity index (χ1) is 13.0. The van der Waals surface area contributed by atoms with E-state index in [0.29, 0.717) is 26.5 Å². The molecule has 10 heteroatoms. The van der Waals surface area contributed by atoms with Crippen LogP contribution < -0.4 is 5.56 Å². The average Bonchev–Trinajstić information content (AvgIpc) is 3.07. The van der Waals surface area contributed by atoms with Crippen molar-refractivity contribution in [2.24, 2.45) is 7.05 Å². The summed E-state index contributed by atoms with van der Waals surface area (Å²) in [6.45, 7) is 0. The summed E-state index contributed by atoms with van der Waals surface area (Å²) in [5.74, 6) is 0. The maximum Gasteiger partial charge on any atom is 0.271 e. The van der Waals surface area contributed by atoms with E-state index in [0.717, 1.165) is 17.3 Å². The smallest absolute Gasteiger partial charge is 0.271 e. The van der Waals surface area contributed by atoms with Crippen molar-refractivity contribution in [2.75, 3.05) is 0 Å². The lowest BCUT2D eigenvalue weighted by molar-refractivity contribution is -0.384. The minimum Gasteiger partial charge on any atom is -0.321 e. The molecular formula is C17H12N6O3S. The number of nitro groups is 1. The van der Waals surface area contributed by atoms with Gasteiger partial charge >= 0.3 is 0 Å². The van der Waals surface area contributed by atoms with Crippen LogP contribution in [0.3, 0.4) is 0 Å². The molecule has 4 rings (SSSR count). The second-order valence-corrected chi connectivity index (χ2v) is 6.68. The normalized spacial score (nSPS) is 11.0. The van der Waals surface area contributed by atoms with Crippen molar-refractivity contribution in [3.8, 4) is 11.1 Å². The number of hydrogen-bond acceptors (Lipinski definition) is 7. The van der Waals surface area contributed by atoms with Crippen LogP contribution in [0.2, 0.25) is 0 Å². The third-order valence-electron chi connectivity index (χ3n) is 4.00. The van der Waals surface area contributed by atoms with E-state index in [1.165, 1.54) is 16.8 Å². The second kappa shape index (κ2) is 6.65. The third kappa shape index (κ3) is 3.06. The first-order valence-electron chi connectivity index (χ1n) is 7.84. The summed E-state index contributed by atoms with van der Waals surface area (Å²) in [4.78, 5) is 26.6. The van der Waals surface area contributed by atoms with Gasteiger partial charge in [-0.3, -0.25) is 14.9 Å². The van der Waals surface area contributed by atoms with Gasteiger partial charge < -0.3 is 4.98 Å². The summed E-state index contributed by atoms with van der Waals surface area (Å²) in [6, 6.07) is 13.8. The highest BCUT2D eigenvalue weighted by atomic mass is 32.2. The quantitative estimate of drug-likeness (QED) is 0.427. The minimum absolute atomic E-state index is 0.0879. The van der Waals surface area contributed by atoms with Gasteiger partial charge in [0.2, 0.25) is 5.16 Å². The molecule has 2 heterocycles. The van der Waals surface area contributed by atoms with E-state index in [1.807, 2.05) is 30.3 Å². The Morgan fingerprint density at radius 1 is 1.19 bits per heavy atom. The number of non-ortho nitro benzene ring substituents is 1. The van der Waals surface area contributed by atoms with Gasteiger partial charge in [-0.25, -0.2) is 4.68 Å². The fourth-order valence-electron chi connectivity index (χ4n) is 2.77. The number of H-pyrrole nitrogens is 1. The Labute approximate surface area is 156 Å². The van der Waals surface area contributed by atoms with Crippen molar-refractivity contribution in [2.45, 2.75) is 10.1 Å². The molecule has 0 aliphatic carbocycles. The zero-order valence-electron chi connectivity index (χ0n) is 14.0. The maximum atomic E-state index is 12.8. The van der Waals surface area contributed by atoms with Crippen LogP contribution in [0.4, 0.5) is 5.69 Å². The van der Waals surface area contributed by atoms with Gasteiger partial charge in [0.05, 0.1) is 15.3 Å². The molecule has 0 aliphatic heterocycles. The van der Waals surface area contributed by atoms with Gasteiger partial charge in [0.25, 0.3) is 11.2 Å². The van der Waals surface area contributed by atoms with Crippen molar-refractivity contribution in [1.29, 1.82) is 0 Å². The van der Waals surface area contributed by atoms with Crippen LogP contribution >= 0.6 is 11.8 Å². The molecule has 27 heavy (non-hydrogen) atoms. The lowest BCUT2D eigenvalue weighted by Crippen LogP contribution is -2.11. The number of pyridine rings is 1. The van der Waals surface area contributed by atoms with Gasteiger partial charge in [0.1, 0.15) is 0 Å². The largest absolute Gasteiger partial charge is 0.321 e. The van der Waals surface area contributed by atoms with Crippen LogP contribution in [0, 0.1) is 10.1 Å². The standard InChI is InChI=1S/C17H12N6O3S/c1-22-17(19-20-21-22)27-15-14(10-5-3-2-4-6-10)12-8-7-11(23(25)26)9-13(12)18-16(15)24/h2-9H,1H3,(H,18,24). The number of hydrogen-bond donors (Lipinski definition) is 1. The van der Waals surface area contributed by atoms with Gasteiger partial charge in [-0.15, -0.1) is 5.10 Å². The van der Waals surface area contributed by atoms with Gasteiger partial charge in [-0.05, 0) is 33.8 Å². The van der Waals surface area contributed by atoms with Gasteiger partial charge in [0, 0.05) is 30.1 Å². The number of aryl methyl sites for hydroxylation is 1. The number of benzene rings is 2. The monoisotopic (exact) mass is 380 g/mol. The topological polar surface area (TPSA) is 120 Å². The summed E-state index contributed by atoms with van der Waals surface area (Å²) in [5.41, 5.74) is 1.44. The SMILES string of the molecule is Cn1nnnc1Sc1c(-c2ccccc2)c2ccc([N+](=O)[O-])cc2[nH]c1=O. The van der Waals surface area contributed by atoms with Crippen LogP contribution in [-0.2, 0) is 7.05 Å². The fourth-order valence-corrected chi connectivity index (χ4v) is 3.67.